The first kappa shape index (κ1) is 17.3. The summed E-state index contributed by atoms with van der Waals surface area (Å²) in [6.07, 6.45) is 1.49. The van der Waals surface area contributed by atoms with E-state index in [2.05, 4.69) is 26.1 Å². The van der Waals surface area contributed by atoms with Crippen LogP contribution in [0.15, 0.2) is 51.1 Å². The molecule has 2 aromatic carbocycles. The number of nitro benzene ring substituents is 1. The predicted molar refractivity (Wildman–Crippen MR) is 101 cm³/mol. The van der Waals surface area contributed by atoms with Crippen molar-refractivity contribution in [2.24, 2.45) is 17.3 Å². The van der Waals surface area contributed by atoms with Crippen LogP contribution in [0.3, 0.4) is 0 Å². The molecule has 0 radical (unpaired) electrons. The van der Waals surface area contributed by atoms with Crippen LogP contribution < -0.4 is 9.54 Å². The molecule has 0 bridgehead atoms. The van der Waals surface area contributed by atoms with Gasteiger partial charge in [0, 0.05) is 18.7 Å². The monoisotopic (exact) mass is 420 g/mol. The minimum atomic E-state index is -0.446. The van der Waals surface area contributed by atoms with Crippen molar-refractivity contribution in [3.63, 3.8) is 0 Å². The Morgan fingerprint density at radius 3 is 2.84 bits per heavy atom. The molecule has 1 heterocycles. The number of nitrogens with zero attached hydrogens (tertiary/aromatic N) is 4. The molecule has 7 nitrogen and oxygen atoms in total. The molecule has 3 rings (SSSR count). The van der Waals surface area contributed by atoms with Gasteiger partial charge in [0.1, 0.15) is 5.75 Å². The fourth-order valence-corrected chi connectivity index (χ4v) is 3.63. The molecule has 128 valence electrons. The highest BCUT2D eigenvalue weighted by Crippen LogP contribution is 2.25. The Hall–Kier alpha value is -2.52. The zero-order chi connectivity index (χ0) is 18.0. The Morgan fingerprint density at radius 1 is 1.32 bits per heavy atom. The standard InChI is InChI=1S/C16H13BrN4O3S/c1-20-13-6-4-11(24-2)8-15(13)25-16(20)19-18-9-10-3-5-12(17)14(7-10)21(22)23/h3-9H,1-2H3. The second-order valence-electron chi connectivity index (χ2n) is 5.09. The average molecular weight is 421 g/mol. The first-order valence-corrected chi connectivity index (χ1v) is 8.75. The fraction of sp³-hybridized carbons (Fsp3) is 0.125. The van der Waals surface area contributed by atoms with Crippen LogP contribution in [-0.2, 0) is 7.05 Å². The van der Waals surface area contributed by atoms with E-state index in [0.29, 0.717) is 14.8 Å². The lowest BCUT2D eigenvalue weighted by atomic mass is 10.2. The number of aryl methyl sites for hydroxylation is 1. The molecular formula is C16H13BrN4O3S. The third kappa shape index (κ3) is 3.62. The number of thiazole rings is 1. The molecule has 0 fully saturated rings. The van der Waals surface area contributed by atoms with Crippen molar-refractivity contribution in [1.29, 1.82) is 0 Å². The van der Waals surface area contributed by atoms with Gasteiger partial charge in [0.25, 0.3) is 5.69 Å². The summed E-state index contributed by atoms with van der Waals surface area (Å²) < 4.78 is 8.62. The van der Waals surface area contributed by atoms with Gasteiger partial charge in [0.15, 0.2) is 0 Å². The van der Waals surface area contributed by atoms with E-state index in [1.807, 2.05) is 29.8 Å². The van der Waals surface area contributed by atoms with Crippen molar-refractivity contribution in [2.75, 3.05) is 7.11 Å². The summed E-state index contributed by atoms with van der Waals surface area (Å²) in [5, 5.41) is 19.2. The summed E-state index contributed by atoms with van der Waals surface area (Å²) >= 11 is 4.64. The predicted octanol–water partition coefficient (Wildman–Crippen LogP) is 3.85. The maximum absolute atomic E-state index is 11.0. The van der Waals surface area contributed by atoms with Crippen LogP contribution in [0.4, 0.5) is 5.69 Å². The summed E-state index contributed by atoms with van der Waals surface area (Å²) in [6.45, 7) is 0. The molecule has 0 aliphatic carbocycles. The quantitative estimate of drug-likeness (QED) is 0.365. The molecule has 0 atom stereocenters. The Balaban J connectivity index is 1.95. The molecule has 3 aromatic rings. The maximum atomic E-state index is 11.0. The molecule has 9 heteroatoms. The normalized spacial score (nSPS) is 12.2. The summed E-state index contributed by atoms with van der Waals surface area (Å²) in [6, 6.07) is 10.6. The lowest BCUT2D eigenvalue weighted by Gasteiger charge is -1.99. The van der Waals surface area contributed by atoms with E-state index in [-0.39, 0.29) is 5.69 Å². The lowest BCUT2D eigenvalue weighted by molar-refractivity contribution is -0.385. The molecule has 25 heavy (non-hydrogen) atoms. The van der Waals surface area contributed by atoms with E-state index in [4.69, 9.17) is 4.74 Å². The molecule has 0 aliphatic heterocycles. The van der Waals surface area contributed by atoms with E-state index in [1.54, 1.807) is 19.2 Å². The number of nitro groups is 1. The zero-order valence-electron chi connectivity index (χ0n) is 13.3. The van der Waals surface area contributed by atoms with Crippen LogP contribution in [0, 0.1) is 10.1 Å². The van der Waals surface area contributed by atoms with Crippen LogP contribution >= 0.6 is 27.3 Å². The molecule has 0 saturated heterocycles. The van der Waals surface area contributed by atoms with Gasteiger partial charge in [-0.2, -0.15) is 5.10 Å². The van der Waals surface area contributed by atoms with Gasteiger partial charge in [-0.3, -0.25) is 10.1 Å². The molecule has 0 aliphatic rings. The highest BCUT2D eigenvalue weighted by atomic mass is 79.9. The third-order valence-corrected chi connectivity index (χ3v) is 5.29. The Kier molecular flexibility index (Phi) is 4.95. The number of hydrogen-bond acceptors (Lipinski definition) is 6. The van der Waals surface area contributed by atoms with Gasteiger partial charge in [-0.25, -0.2) is 0 Å². The third-order valence-electron chi connectivity index (χ3n) is 3.53. The molecule has 1 aromatic heterocycles. The summed E-state index contributed by atoms with van der Waals surface area (Å²) in [5.41, 5.74) is 1.62. The molecule has 0 saturated carbocycles. The Morgan fingerprint density at radius 2 is 2.12 bits per heavy atom. The van der Waals surface area contributed by atoms with Crippen molar-refractivity contribution >= 4 is 49.4 Å². The van der Waals surface area contributed by atoms with Crippen molar-refractivity contribution < 1.29 is 9.66 Å². The van der Waals surface area contributed by atoms with Crippen molar-refractivity contribution in [1.82, 2.24) is 4.57 Å². The van der Waals surface area contributed by atoms with Crippen molar-refractivity contribution in [3.05, 3.63) is 61.4 Å². The smallest absolute Gasteiger partial charge is 0.284 e. The Labute approximate surface area is 155 Å². The van der Waals surface area contributed by atoms with Crippen molar-refractivity contribution in [3.8, 4) is 5.75 Å². The van der Waals surface area contributed by atoms with Gasteiger partial charge in [-0.1, -0.05) is 17.4 Å². The van der Waals surface area contributed by atoms with Gasteiger partial charge < -0.3 is 9.30 Å². The maximum Gasteiger partial charge on any atom is 0.284 e. The van der Waals surface area contributed by atoms with Crippen LogP contribution in [0.1, 0.15) is 5.56 Å². The van der Waals surface area contributed by atoms with Crippen molar-refractivity contribution in [2.45, 2.75) is 0 Å². The highest BCUT2D eigenvalue weighted by Gasteiger charge is 2.11. The summed E-state index contributed by atoms with van der Waals surface area (Å²) in [4.78, 5) is 11.2. The van der Waals surface area contributed by atoms with E-state index in [9.17, 15) is 10.1 Å². The second kappa shape index (κ2) is 7.16. The first-order valence-electron chi connectivity index (χ1n) is 7.14. The van der Waals surface area contributed by atoms with E-state index >= 15 is 0 Å². The molecular weight excluding hydrogens is 408 g/mol. The molecule has 0 amide bonds. The van der Waals surface area contributed by atoms with Crippen LogP contribution in [0.2, 0.25) is 0 Å². The number of benzene rings is 2. The number of ether oxygens (including phenoxy) is 1. The molecule has 0 spiro atoms. The van der Waals surface area contributed by atoms with Crippen LogP contribution in [0.5, 0.6) is 5.75 Å². The van der Waals surface area contributed by atoms with E-state index in [1.165, 1.54) is 23.6 Å². The molecule has 0 N–H and O–H groups in total. The largest absolute Gasteiger partial charge is 0.497 e. The van der Waals surface area contributed by atoms with E-state index < -0.39 is 4.92 Å². The minimum Gasteiger partial charge on any atom is -0.497 e. The second-order valence-corrected chi connectivity index (χ2v) is 6.95. The van der Waals surface area contributed by atoms with Gasteiger partial charge in [-0.05, 0) is 40.2 Å². The number of fused-ring (bicyclic) bond motifs is 1. The summed E-state index contributed by atoms with van der Waals surface area (Å²) in [7, 11) is 3.53. The SMILES string of the molecule is COc1ccc2c(c1)sc(=NN=Cc1ccc(Br)c([N+](=O)[O-])c1)n2C. The summed E-state index contributed by atoms with van der Waals surface area (Å²) in [5.74, 6) is 0.784. The fourth-order valence-electron chi connectivity index (χ4n) is 2.23. The lowest BCUT2D eigenvalue weighted by Crippen LogP contribution is -2.08. The first-order chi connectivity index (χ1) is 12.0. The van der Waals surface area contributed by atoms with Gasteiger partial charge in [0.05, 0.1) is 32.9 Å². The van der Waals surface area contributed by atoms with Crippen LogP contribution in [0.25, 0.3) is 10.2 Å². The Bertz CT molecular complexity index is 1060. The molecule has 0 unspecified atom stereocenters. The van der Waals surface area contributed by atoms with Crippen LogP contribution in [-0.4, -0.2) is 22.8 Å². The number of methoxy groups -OCH3 is 1. The number of hydrogen-bond donors (Lipinski definition) is 0. The van der Waals surface area contributed by atoms with Gasteiger partial charge >= 0.3 is 0 Å². The minimum absolute atomic E-state index is 0.0107. The zero-order valence-corrected chi connectivity index (χ0v) is 15.7. The number of rotatable bonds is 4. The number of aromatic nitrogens is 1. The van der Waals surface area contributed by atoms with E-state index in [0.717, 1.165) is 16.0 Å². The number of halogens is 1. The topological polar surface area (TPSA) is 82.0 Å². The van der Waals surface area contributed by atoms with Gasteiger partial charge in [-0.15, -0.1) is 5.10 Å². The van der Waals surface area contributed by atoms with Gasteiger partial charge in [0.2, 0.25) is 4.80 Å². The highest BCUT2D eigenvalue weighted by molar-refractivity contribution is 9.10. The average Bonchev–Trinajstić information content (AvgIpc) is 2.91.